The molecule has 0 radical (unpaired) electrons. The lowest BCUT2D eigenvalue weighted by Crippen LogP contribution is -2.54. The topological polar surface area (TPSA) is 170 Å². The van der Waals surface area contributed by atoms with Gasteiger partial charge in [-0.15, -0.1) is 11.8 Å². The van der Waals surface area contributed by atoms with Crippen LogP contribution in [-0.2, 0) is 33.1 Å². The Bertz CT molecular complexity index is 1220. The van der Waals surface area contributed by atoms with Crippen LogP contribution in [0.2, 0.25) is 18.1 Å². The van der Waals surface area contributed by atoms with E-state index in [4.69, 9.17) is 24.6 Å². The number of aliphatic imine (C=N–C) groups is 1. The van der Waals surface area contributed by atoms with E-state index in [-0.39, 0.29) is 28.9 Å². The van der Waals surface area contributed by atoms with Gasteiger partial charge in [0.2, 0.25) is 5.91 Å². The highest BCUT2D eigenvalue weighted by atomic mass is 32.2. The number of methoxy groups -OCH3 is 1. The summed E-state index contributed by atoms with van der Waals surface area (Å²) in [6.45, 7) is 25.6. The molecule has 0 spiro atoms. The lowest BCUT2D eigenvalue weighted by molar-refractivity contribution is -0.165. The normalized spacial score (nSPS) is 21.1. The molecule has 0 aliphatic carbocycles. The number of carbonyl (C=O) groups is 4. The Labute approximate surface area is 313 Å². The standard InChI is InChI=1S/C37H70N4O8SSi/c1-16-17-27(47-13)19-18-24(3)29(49-32(44)25(4)38)36(9,10)33(45)39-26(5)30-40-37(11,22-50-30)34(46)41(12)28(31(42)43)23(2)20-21-48-51(14,15)35(6,7)8/h23-29H,16-22,38H2,1-15H3,(H,39,45)(H,42,43)/t23-,24+,25-,26-,27-,28-,29-,37-/m0/s1. The van der Waals surface area contributed by atoms with Crippen LogP contribution in [0.25, 0.3) is 0 Å². The second kappa shape index (κ2) is 19.4. The Morgan fingerprint density at radius 1 is 1.04 bits per heavy atom. The fourth-order valence-corrected chi connectivity index (χ4v) is 8.36. The second-order valence-corrected chi connectivity index (χ2v) is 22.7. The molecule has 14 heteroatoms. The summed E-state index contributed by atoms with van der Waals surface area (Å²) in [7, 11) is 1.20. The summed E-state index contributed by atoms with van der Waals surface area (Å²) in [6, 6.07) is -2.45. The van der Waals surface area contributed by atoms with Crippen LogP contribution in [0.5, 0.6) is 0 Å². The zero-order chi connectivity index (χ0) is 39.7. The number of likely N-dealkylation sites (N-methyl/N-ethyl adjacent to an activating group) is 1. The van der Waals surface area contributed by atoms with Crippen LogP contribution in [0.1, 0.15) is 108 Å². The van der Waals surface area contributed by atoms with E-state index in [1.807, 2.05) is 13.8 Å². The Morgan fingerprint density at radius 2 is 1.63 bits per heavy atom. The molecule has 0 fully saturated rings. The van der Waals surface area contributed by atoms with Crippen molar-refractivity contribution in [3.8, 4) is 0 Å². The first-order chi connectivity index (χ1) is 23.3. The summed E-state index contributed by atoms with van der Waals surface area (Å²) >= 11 is 1.36. The molecular weight excluding hydrogens is 689 g/mol. The van der Waals surface area contributed by atoms with Gasteiger partial charge in [-0.3, -0.25) is 19.4 Å². The number of carboxylic acids is 1. The summed E-state index contributed by atoms with van der Waals surface area (Å²) in [6.07, 6.45) is 3.13. The maximum atomic E-state index is 13.9. The van der Waals surface area contributed by atoms with Crippen molar-refractivity contribution in [2.75, 3.05) is 26.5 Å². The van der Waals surface area contributed by atoms with Crippen LogP contribution < -0.4 is 11.1 Å². The predicted molar refractivity (Wildman–Crippen MR) is 208 cm³/mol. The molecule has 12 nitrogen and oxygen atoms in total. The highest BCUT2D eigenvalue weighted by molar-refractivity contribution is 8.14. The molecule has 0 aromatic carbocycles. The number of carboxylic acid groups (broad SMARTS) is 1. The summed E-state index contributed by atoms with van der Waals surface area (Å²) in [5, 5.41) is 13.8. The van der Waals surface area contributed by atoms with Crippen molar-refractivity contribution in [3.05, 3.63) is 0 Å². The molecule has 0 saturated carbocycles. The minimum Gasteiger partial charge on any atom is -0.480 e. The van der Waals surface area contributed by atoms with Gasteiger partial charge >= 0.3 is 11.9 Å². The van der Waals surface area contributed by atoms with E-state index in [9.17, 15) is 24.3 Å². The Balaban J connectivity index is 3.14. The van der Waals surface area contributed by atoms with Gasteiger partial charge in [-0.25, -0.2) is 4.79 Å². The van der Waals surface area contributed by atoms with Gasteiger partial charge in [0.1, 0.15) is 23.7 Å². The van der Waals surface area contributed by atoms with Gasteiger partial charge in [-0.05, 0) is 90.3 Å². The van der Waals surface area contributed by atoms with Crippen molar-refractivity contribution in [3.63, 3.8) is 0 Å². The second-order valence-electron chi connectivity index (χ2n) is 16.9. The monoisotopic (exact) mass is 758 g/mol. The minimum absolute atomic E-state index is 0.0320. The zero-order valence-electron chi connectivity index (χ0n) is 34.2. The lowest BCUT2D eigenvalue weighted by atomic mass is 9.77. The fraction of sp³-hybridized carbons (Fsp3) is 0.865. The molecular formula is C37H70N4O8SSi. The molecule has 4 N–H and O–H groups in total. The molecule has 0 aromatic heterocycles. The number of thioether (sulfide) groups is 1. The number of carbonyl (C=O) groups excluding carboxylic acids is 3. The van der Waals surface area contributed by atoms with Crippen LogP contribution in [0.15, 0.2) is 4.99 Å². The number of ether oxygens (including phenoxy) is 2. The molecule has 1 aliphatic rings. The van der Waals surface area contributed by atoms with Gasteiger partial charge in [0.15, 0.2) is 8.32 Å². The first-order valence-corrected chi connectivity index (χ1v) is 22.3. The van der Waals surface area contributed by atoms with E-state index < -0.39 is 61.3 Å². The molecule has 0 aromatic rings. The summed E-state index contributed by atoms with van der Waals surface area (Å²) in [5.41, 5.74) is 3.50. The van der Waals surface area contributed by atoms with Gasteiger partial charge < -0.3 is 35.0 Å². The number of hydrogen-bond acceptors (Lipinski definition) is 10. The number of aliphatic carboxylic acids is 1. The maximum absolute atomic E-state index is 13.9. The number of nitrogens with one attached hydrogen (secondary N) is 1. The van der Waals surface area contributed by atoms with Gasteiger partial charge in [0, 0.05) is 26.5 Å². The smallest absolute Gasteiger partial charge is 0.326 e. The number of nitrogens with zero attached hydrogens (tertiary/aromatic N) is 2. The molecule has 0 bridgehead atoms. The molecule has 1 heterocycles. The van der Waals surface area contributed by atoms with Crippen LogP contribution in [0.4, 0.5) is 0 Å². The molecule has 51 heavy (non-hydrogen) atoms. The third kappa shape index (κ3) is 12.8. The number of rotatable bonds is 21. The number of amides is 2. The van der Waals surface area contributed by atoms with Crippen molar-refractivity contribution in [1.29, 1.82) is 0 Å². The lowest BCUT2D eigenvalue weighted by Gasteiger charge is -2.38. The Hall–Kier alpha value is -2.00. The van der Waals surface area contributed by atoms with Crippen molar-refractivity contribution >= 4 is 48.9 Å². The largest absolute Gasteiger partial charge is 0.480 e. The first-order valence-electron chi connectivity index (χ1n) is 18.4. The Morgan fingerprint density at radius 3 is 2.12 bits per heavy atom. The summed E-state index contributed by atoms with van der Waals surface area (Å²) < 4.78 is 17.8. The molecule has 2 amide bonds. The van der Waals surface area contributed by atoms with Crippen molar-refractivity contribution in [1.82, 2.24) is 10.2 Å². The van der Waals surface area contributed by atoms with Crippen LogP contribution in [-0.4, -0.2) is 110 Å². The average molecular weight is 759 g/mol. The number of esters is 1. The fourth-order valence-electron chi connectivity index (χ4n) is 6.11. The van der Waals surface area contributed by atoms with Gasteiger partial charge in [0.05, 0.1) is 22.6 Å². The van der Waals surface area contributed by atoms with E-state index >= 15 is 0 Å². The number of hydrogen-bond donors (Lipinski definition) is 3. The van der Waals surface area contributed by atoms with Crippen molar-refractivity contribution in [2.45, 2.75) is 162 Å². The third-order valence-corrected chi connectivity index (χ3v) is 16.7. The predicted octanol–water partition coefficient (Wildman–Crippen LogP) is 5.87. The van der Waals surface area contributed by atoms with E-state index in [2.05, 4.69) is 46.1 Å². The van der Waals surface area contributed by atoms with Gasteiger partial charge in [-0.1, -0.05) is 48.0 Å². The minimum atomic E-state index is -2.01. The van der Waals surface area contributed by atoms with E-state index in [0.717, 1.165) is 19.3 Å². The number of nitrogens with two attached hydrogens (primary N) is 1. The molecule has 0 saturated heterocycles. The highest BCUT2D eigenvalue weighted by Crippen LogP contribution is 2.38. The molecule has 296 valence electrons. The summed E-state index contributed by atoms with van der Waals surface area (Å²) in [5.74, 6) is -2.62. The van der Waals surface area contributed by atoms with Crippen molar-refractivity contribution < 1.29 is 38.2 Å². The zero-order valence-corrected chi connectivity index (χ0v) is 36.0. The molecule has 8 atom stereocenters. The van der Waals surface area contributed by atoms with Crippen LogP contribution in [0, 0.1) is 17.3 Å². The van der Waals surface area contributed by atoms with E-state index in [1.54, 1.807) is 41.7 Å². The average Bonchev–Trinajstić information content (AvgIpc) is 3.43. The molecule has 1 aliphatic heterocycles. The van der Waals surface area contributed by atoms with Crippen LogP contribution >= 0.6 is 11.8 Å². The SMILES string of the molecule is CCC[C@@H](CC[C@@H](C)[C@H](OC(=O)[C@H](C)N)C(C)(C)C(=O)N[C@@H](C)C1=N[C@](C)(C(=O)N(C)[C@H](C(=O)O)[C@@H](C)CCO[Si](C)(C)C(C)(C)C)CS1)OC. The molecule has 1 rings (SSSR count). The quantitative estimate of drug-likeness (QED) is 0.0951. The Kier molecular flexibility index (Phi) is 17.8. The summed E-state index contributed by atoms with van der Waals surface area (Å²) in [4.78, 5) is 59.0. The third-order valence-electron chi connectivity index (χ3n) is 10.7. The van der Waals surface area contributed by atoms with E-state index in [0.29, 0.717) is 30.2 Å². The van der Waals surface area contributed by atoms with Crippen molar-refractivity contribution in [2.24, 2.45) is 28.0 Å². The van der Waals surface area contributed by atoms with Crippen LogP contribution in [0.3, 0.4) is 0 Å². The van der Waals surface area contributed by atoms with E-state index in [1.165, 1.54) is 23.7 Å². The first kappa shape index (κ1) is 47.0. The maximum Gasteiger partial charge on any atom is 0.326 e. The van der Waals surface area contributed by atoms with Gasteiger partial charge in [0.25, 0.3) is 5.91 Å². The van der Waals surface area contributed by atoms with Gasteiger partial charge in [-0.2, -0.15) is 0 Å². The molecule has 0 unspecified atom stereocenters. The highest BCUT2D eigenvalue weighted by Gasteiger charge is 2.47.